The highest BCUT2D eigenvalue weighted by molar-refractivity contribution is 6.00. The number of rotatable bonds is 7. The van der Waals surface area contributed by atoms with Gasteiger partial charge in [0.2, 0.25) is 0 Å². The zero-order chi connectivity index (χ0) is 22.9. The molecular formula is C25H29FN2O3. The lowest BCUT2D eigenvalue weighted by molar-refractivity contribution is -0.126. The smallest absolute Gasteiger partial charge is 0.252 e. The molecule has 1 aliphatic rings. The number of ketones is 1. The van der Waals surface area contributed by atoms with E-state index in [0.717, 1.165) is 12.8 Å². The molecule has 2 amide bonds. The number of carbonyl (C=O) groups excluding carboxylic acids is 3. The highest BCUT2D eigenvalue weighted by atomic mass is 19.1. The standard InChI is InChI=1S/C25H29FN2O3/c1-14(2)22(29)25(4,5)28-24(31)17-8-6-16(7-9-17)20-12-18(13-21(26)15(20)3)23(30)27-19-10-11-19/h6-9,12-14,19H,10-11H2,1-5H3,(H,27,30)(H,28,31). The zero-order valence-corrected chi connectivity index (χ0v) is 18.6. The molecule has 0 bridgehead atoms. The van der Waals surface area contributed by atoms with E-state index in [1.165, 1.54) is 6.07 Å². The molecule has 1 fully saturated rings. The summed E-state index contributed by atoms with van der Waals surface area (Å²) in [6.07, 6.45) is 1.91. The Bertz CT molecular complexity index is 1020. The van der Waals surface area contributed by atoms with Gasteiger partial charge in [-0.2, -0.15) is 0 Å². The molecule has 0 unspecified atom stereocenters. The third-order valence-electron chi connectivity index (χ3n) is 5.54. The number of hydrogen-bond acceptors (Lipinski definition) is 3. The number of Topliss-reactive ketones (excluding diaryl/α,β-unsaturated/α-hetero) is 1. The monoisotopic (exact) mass is 424 g/mol. The second kappa shape index (κ2) is 8.61. The van der Waals surface area contributed by atoms with Crippen molar-refractivity contribution in [2.75, 3.05) is 0 Å². The summed E-state index contributed by atoms with van der Waals surface area (Å²) in [5.41, 5.74) is 1.43. The first-order valence-electron chi connectivity index (χ1n) is 10.6. The first-order chi connectivity index (χ1) is 14.5. The molecule has 2 aromatic rings. The topological polar surface area (TPSA) is 75.3 Å². The van der Waals surface area contributed by atoms with Crippen LogP contribution in [0.4, 0.5) is 4.39 Å². The highest BCUT2D eigenvalue weighted by Crippen LogP contribution is 2.28. The molecule has 1 aliphatic carbocycles. The average Bonchev–Trinajstić information content (AvgIpc) is 3.53. The van der Waals surface area contributed by atoms with Crippen LogP contribution in [0.3, 0.4) is 0 Å². The van der Waals surface area contributed by atoms with E-state index in [2.05, 4.69) is 10.6 Å². The van der Waals surface area contributed by atoms with Crippen LogP contribution in [0.2, 0.25) is 0 Å². The predicted molar refractivity (Wildman–Crippen MR) is 118 cm³/mol. The van der Waals surface area contributed by atoms with Crippen molar-refractivity contribution in [1.82, 2.24) is 10.6 Å². The van der Waals surface area contributed by atoms with Crippen LogP contribution < -0.4 is 10.6 Å². The normalized spacial score (nSPS) is 13.8. The van der Waals surface area contributed by atoms with Crippen molar-refractivity contribution in [3.05, 3.63) is 58.9 Å². The van der Waals surface area contributed by atoms with E-state index in [1.54, 1.807) is 65.0 Å². The summed E-state index contributed by atoms with van der Waals surface area (Å²) in [6.45, 7) is 8.63. The molecular weight excluding hydrogens is 395 g/mol. The maximum absolute atomic E-state index is 14.5. The van der Waals surface area contributed by atoms with Crippen molar-refractivity contribution in [2.24, 2.45) is 5.92 Å². The van der Waals surface area contributed by atoms with E-state index >= 15 is 0 Å². The summed E-state index contributed by atoms with van der Waals surface area (Å²) < 4.78 is 14.5. The second-order valence-corrected chi connectivity index (χ2v) is 9.05. The minimum absolute atomic E-state index is 0.0511. The summed E-state index contributed by atoms with van der Waals surface area (Å²) in [5, 5.41) is 5.65. The van der Waals surface area contributed by atoms with Crippen molar-refractivity contribution in [2.45, 2.75) is 59.0 Å². The fourth-order valence-corrected chi connectivity index (χ4v) is 3.55. The van der Waals surface area contributed by atoms with Crippen molar-refractivity contribution < 1.29 is 18.8 Å². The van der Waals surface area contributed by atoms with Gasteiger partial charge >= 0.3 is 0 Å². The van der Waals surface area contributed by atoms with Gasteiger partial charge in [0, 0.05) is 23.1 Å². The zero-order valence-electron chi connectivity index (χ0n) is 18.6. The van der Waals surface area contributed by atoms with Gasteiger partial charge in [-0.3, -0.25) is 14.4 Å². The first kappa shape index (κ1) is 22.7. The van der Waals surface area contributed by atoms with Crippen LogP contribution in [0.1, 0.15) is 66.8 Å². The van der Waals surface area contributed by atoms with Gasteiger partial charge in [0.05, 0.1) is 5.54 Å². The average molecular weight is 425 g/mol. The Morgan fingerprint density at radius 1 is 1.00 bits per heavy atom. The third-order valence-corrected chi connectivity index (χ3v) is 5.54. The van der Waals surface area contributed by atoms with Crippen molar-refractivity contribution in [1.29, 1.82) is 0 Å². The van der Waals surface area contributed by atoms with Gasteiger partial charge in [0.25, 0.3) is 11.8 Å². The molecule has 0 aromatic heterocycles. The SMILES string of the molecule is Cc1c(F)cc(C(=O)NC2CC2)cc1-c1ccc(C(=O)NC(C)(C)C(=O)C(C)C)cc1. The number of amides is 2. The van der Waals surface area contributed by atoms with Gasteiger partial charge in [-0.15, -0.1) is 0 Å². The second-order valence-electron chi connectivity index (χ2n) is 9.05. The van der Waals surface area contributed by atoms with E-state index in [9.17, 15) is 18.8 Å². The van der Waals surface area contributed by atoms with E-state index in [-0.39, 0.29) is 35.1 Å². The summed E-state index contributed by atoms with van der Waals surface area (Å²) in [5.74, 6) is -1.33. The van der Waals surface area contributed by atoms with Gasteiger partial charge in [0.15, 0.2) is 5.78 Å². The van der Waals surface area contributed by atoms with Crippen LogP contribution in [0.25, 0.3) is 11.1 Å². The quantitative estimate of drug-likeness (QED) is 0.691. The molecule has 3 rings (SSSR count). The molecule has 1 saturated carbocycles. The Morgan fingerprint density at radius 3 is 2.16 bits per heavy atom. The largest absolute Gasteiger partial charge is 0.349 e. The Labute approximate surface area is 182 Å². The van der Waals surface area contributed by atoms with Crippen LogP contribution >= 0.6 is 0 Å². The molecule has 0 spiro atoms. The minimum atomic E-state index is -0.979. The Hall–Kier alpha value is -3.02. The number of nitrogens with one attached hydrogen (secondary N) is 2. The van der Waals surface area contributed by atoms with Gasteiger partial charge in [-0.25, -0.2) is 4.39 Å². The fourth-order valence-electron chi connectivity index (χ4n) is 3.55. The number of halogens is 1. The van der Waals surface area contributed by atoms with E-state index < -0.39 is 11.4 Å². The Balaban J connectivity index is 1.82. The lowest BCUT2D eigenvalue weighted by Gasteiger charge is -2.26. The Morgan fingerprint density at radius 2 is 1.61 bits per heavy atom. The Kier molecular flexibility index (Phi) is 6.30. The molecule has 6 heteroatoms. The molecule has 0 radical (unpaired) electrons. The maximum Gasteiger partial charge on any atom is 0.252 e. The molecule has 2 N–H and O–H groups in total. The lowest BCUT2D eigenvalue weighted by atomic mass is 9.90. The molecule has 0 saturated heterocycles. The van der Waals surface area contributed by atoms with Crippen LogP contribution in [0.15, 0.2) is 36.4 Å². The van der Waals surface area contributed by atoms with Crippen LogP contribution in [0, 0.1) is 18.7 Å². The minimum Gasteiger partial charge on any atom is -0.349 e. The van der Waals surface area contributed by atoms with Crippen molar-refractivity contribution in [3.8, 4) is 11.1 Å². The number of hydrogen-bond donors (Lipinski definition) is 2. The van der Waals surface area contributed by atoms with E-state index in [1.807, 2.05) is 0 Å². The molecule has 0 heterocycles. The van der Waals surface area contributed by atoms with Crippen molar-refractivity contribution >= 4 is 17.6 Å². The molecule has 2 aromatic carbocycles. The molecule has 0 aliphatic heterocycles. The van der Waals surface area contributed by atoms with Crippen molar-refractivity contribution in [3.63, 3.8) is 0 Å². The van der Waals surface area contributed by atoms with Gasteiger partial charge in [-0.1, -0.05) is 26.0 Å². The molecule has 5 nitrogen and oxygen atoms in total. The predicted octanol–water partition coefficient (Wildman–Crippen LogP) is 4.43. The summed E-state index contributed by atoms with van der Waals surface area (Å²) >= 11 is 0. The molecule has 164 valence electrons. The summed E-state index contributed by atoms with van der Waals surface area (Å²) in [4.78, 5) is 37.3. The molecule has 0 atom stereocenters. The van der Waals surface area contributed by atoms with Gasteiger partial charge in [0.1, 0.15) is 5.82 Å². The van der Waals surface area contributed by atoms with Crippen LogP contribution in [0.5, 0.6) is 0 Å². The van der Waals surface area contributed by atoms with Gasteiger partial charge in [-0.05, 0) is 74.6 Å². The van der Waals surface area contributed by atoms with Gasteiger partial charge < -0.3 is 10.6 Å². The summed E-state index contributed by atoms with van der Waals surface area (Å²) in [6, 6.07) is 9.82. The summed E-state index contributed by atoms with van der Waals surface area (Å²) in [7, 11) is 0. The van der Waals surface area contributed by atoms with E-state index in [4.69, 9.17) is 0 Å². The van der Waals surface area contributed by atoms with Crippen LogP contribution in [-0.2, 0) is 4.79 Å². The molecule has 31 heavy (non-hydrogen) atoms. The fraction of sp³-hybridized carbons (Fsp3) is 0.400. The first-order valence-corrected chi connectivity index (χ1v) is 10.6. The van der Waals surface area contributed by atoms with E-state index in [0.29, 0.717) is 22.3 Å². The number of carbonyl (C=O) groups is 3. The number of benzene rings is 2. The third kappa shape index (κ3) is 5.19. The maximum atomic E-state index is 14.5. The highest BCUT2D eigenvalue weighted by Gasteiger charge is 2.31. The lowest BCUT2D eigenvalue weighted by Crippen LogP contribution is -2.51. The van der Waals surface area contributed by atoms with Crippen LogP contribution in [-0.4, -0.2) is 29.2 Å².